The zero-order chi connectivity index (χ0) is 9.64. The largest absolute Gasteiger partial charge is 0.379 e. The van der Waals surface area contributed by atoms with Gasteiger partial charge >= 0.3 is 0 Å². The molecule has 0 aromatic carbocycles. The Bertz CT molecular complexity index is 151. The van der Waals surface area contributed by atoms with E-state index in [1.165, 1.54) is 25.7 Å². The van der Waals surface area contributed by atoms with Crippen molar-refractivity contribution in [1.29, 1.82) is 0 Å². The predicted octanol–water partition coefficient (Wildman–Crippen LogP) is 1.28. The van der Waals surface area contributed by atoms with Crippen molar-refractivity contribution >= 4 is 0 Å². The Balaban J connectivity index is 1.52. The van der Waals surface area contributed by atoms with Crippen molar-refractivity contribution in [2.75, 3.05) is 39.5 Å². The fourth-order valence-corrected chi connectivity index (χ4v) is 2.23. The predicted molar refractivity (Wildman–Crippen MR) is 55.5 cm³/mol. The molecule has 82 valence electrons. The zero-order valence-corrected chi connectivity index (χ0v) is 8.91. The van der Waals surface area contributed by atoms with Crippen LogP contribution in [0, 0.1) is 0 Å². The first-order valence-corrected chi connectivity index (χ1v) is 5.87. The van der Waals surface area contributed by atoms with Crippen LogP contribution in [0.25, 0.3) is 0 Å². The molecule has 0 N–H and O–H groups in total. The van der Waals surface area contributed by atoms with Crippen molar-refractivity contribution in [2.24, 2.45) is 0 Å². The minimum atomic E-state index is 0.566. The molecule has 1 saturated heterocycles. The number of ether oxygens (including phenoxy) is 2. The summed E-state index contributed by atoms with van der Waals surface area (Å²) in [6.45, 7) is 5.93. The van der Waals surface area contributed by atoms with Crippen LogP contribution in [-0.4, -0.2) is 50.5 Å². The van der Waals surface area contributed by atoms with Crippen LogP contribution in [0.1, 0.15) is 25.7 Å². The molecule has 1 saturated carbocycles. The van der Waals surface area contributed by atoms with Crippen LogP contribution in [0.4, 0.5) is 0 Å². The highest BCUT2D eigenvalue weighted by atomic mass is 16.5. The molecule has 0 radical (unpaired) electrons. The maximum absolute atomic E-state index is 5.82. The van der Waals surface area contributed by atoms with Gasteiger partial charge in [-0.25, -0.2) is 0 Å². The van der Waals surface area contributed by atoms with Gasteiger partial charge in [-0.15, -0.1) is 0 Å². The molecular weight excluding hydrogens is 178 g/mol. The van der Waals surface area contributed by atoms with E-state index in [2.05, 4.69) is 4.90 Å². The molecule has 1 aliphatic heterocycles. The highest BCUT2D eigenvalue weighted by Gasteiger charge is 2.16. The molecular formula is C11H21NO2. The van der Waals surface area contributed by atoms with Gasteiger partial charge in [0.1, 0.15) is 0 Å². The molecule has 3 heteroatoms. The average Bonchev–Trinajstić information content (AvgIpc) is 2.72. The van der Waals surface area contributed by atoms with E-state index in [0.29, 0.717) is 6.10 Å². The van der Waals surface area contributed by atoms with Crippen LogP contribution in [0.3, 0.4) is 0 Å². The first-order valence-electron chi connectivity index (χ1n) is 5.87. The Kier molecular flexibility index (Phi) is 4.22. The summed E-state index contributed by atoms with van der Waals surface area (Å²) in [5.74, 6) is 0. The Labute approximate surface area is 86.4 Å². The summed E-state index contributed by atoms with van der Waals surface area (Å²) >= 11 is 0. The fourth-order valence-electron chi connectivity index (χ4n) is 2.23. The number of hydrogen-bond acceptors (Lipinski definition) is 3. The molecule has 2 fully saturated rings. The van der Waals surface area contributed by atoms with Gasteiger partial charge in [0.05, 0.1) is 25.9 Å². The second-order valence-electron chi connectivity index (χ2n) is 4.23. The highest BCUT2D eigenvalue weighted by molar-refractivity contribution is 4.67. The molecule has 0 unspecified atom stereocenters. The summed E-state index contributed by atoms with van der Waals surface area (Å²) in [5, 5.41) is 0. The van der Waals surface area contributed by atoms with Crippen LogP contribution in [0.15, 0.2) is 0 Å². The normalized spacial score (nSPS) is 25.7. The Hall–Kier alpha value is -0.120. The van der Waals surface area contributed by atoms with Crippen LogP contribution in [-0.2, 0) is 9.47 Å². The van der Waals surface area contributed by atoms with E-state index in [9.17, 15) is 0 Å². The Morgan fingerprint density at radius 1 is 1.14 bits per heavy atom. The van der Waals surface area contributed by atoms with Crippen LogP contribution >= 0.6 is 0 Å². The molecule has 14 heavy (non-hydrogen) atoms. The summed E-state index contributed by atoms with van der Waals surface area (Å²) < 4.78 is 11.1. The van der Waals surface area contributed by atoms with Gasteiger partial charge in [0.15, 0.2) is 0 Å². The lowest BCUT2D eigenvalue weighted by atomic mass is 10.3. The monoisotopic (exact) mass is 199 g/mol. The second kappa shape index (κ2) is 5.69. The maximum atomic E-state index is 5.82. The van der Waals surface area contributed by atoms with Crippen molar-refractivity contribution in [3.8, 4) is 0 Å². The molecule has 3 nitrogen and oxygen atoms in total. The summed E-state index contributed by atoms with van der Waals surface area (Å²) in [6, 6.07) is 0. The third kappa shape index (κ3) is 3.23. The molecule has 0 atom stereocenters. The number of hydrogen-bond donors (Lipinski definition) is 0. The fraction of sp³-hybridized carbons (Fsp3) is 1.00. The molecule has 0 amide bonds. The topological polar surface area (TPSA) is 21.7 Å². The van der Waals surface area contributed by atoms with Crippen molar-refractivity contribution in [3.63, 3.8) is 0 Å². The van der Waals surface area contributed by atoms with Crippen molar-refractivity contribution in [2.45, 2.75) is 31.8 Å². The third-order valence-electron chi connectivity index (χ3n) is 3.17. The molecule has 2 aliphatic rings. The molecule has 1 heterocycles. The molecule has 0 spiro atoms. The van der Waals surface area contributed by atoms with E-state index in [1.54, 1.807) is 0 Å². The lowest BCUT2D eigenvalue weighted by Crippen LogP contribution is -2.38. The van der Waals surface area contributed by atoms with Crippen molar-refractivity contribution in [3.05, 3.63) is 0 Å². The smallest absolute Gasteiger partial charge is 0.0597 e. The van der Waals surface area contributed by atoms with E-state index >= 15 is 0 Å². The van der Waals surface area contributed by atoms with Crippen LogP contribution < -0.4 is 0 Å². The average molecular weight is 199 g/mol. The van der Waals surface area contributed by atoms with Gasteiger partial charge in [0, 0.05) is 19.6 Å². The first kappa shape index (κ1) is 10.4. The Morgan fingerprint density at radius 2 is 1.86 bits per heavy atom. The second-order valence-corrected chi connectivity index (χ2v) is 4.23. The van der Waals surface area contributed by atoms with Gasteiger partial charge in [-0.3, -0.25) is 4.90 Å². The number of nitrogens with zero attached hydrogens (tertiary/aromatic N) is 1. The Morgan fingerprint density at radius 3 is 2.57 bits per heavy atom. The molecule has 0 bridgehead atoms. The van der Waals surface area contributed by atoms with Crippen LogP contribution in [0.2, 0.25) is 0 Å². The van der Waals surface area contributed by atoms with Gasteiger partial charge in [0.25, 0.3) is 0 Å². The van der Waals surface area contributed by atoms with Gasteiger partial charge in [-0.2, -0.15) is 0 Å². The quantitative estimate of drug-likeness (QED) is 0.681. The van der Waals surface area contributed by atoms with E-state index in [0.717, 1.165) is 39.5 Å². The van der Waals surface area contributed by atoms with E-state index in [-0.39, 0.29) is 0 Å². The van der Waals surface area contributed by atoms with Crippen molar-refractivity contribution in [1.82, 2.24) is 4.90 Å². The van der Waals surface area contributed by atoms with Crippen molar-refractivity contribution < 1.29 is 9.47 Å². The summed E-state index contributed by atoms with van der Waals surface area (Å²) in [6.07, 6.45) is 5.85. The van der Waals surface area contributed by atoms with Gasteiger partial charge in [-0.05, 0) is 12.8 Å². The van der Waals surface area contributed by atoms with Gasteiger partial charge < -0.3 is 9.47 Å². The summed E-state index contributed by atoms with van der Waals surface area (Å²) in [7, 11) is 0. The standard InChI is InChI=1S/C11H21NO2/c1-2-4-11(3-1)14-10-7-12-5-8-13-9-6-12/h11H,1-10H2. The lowest BCUT2D eigenvalue weighted by molar-refractivity contribution is 0.00353. The maximum Gasteiger partial charge on any atom is 0.0597 e. The van der Waals surface area contributed by atoms with Crippen LogP contribution in [0.5, 0.6) is 0 Å². The lowest BCUT2D eigenvalue weighted by Gasteiger charge is -2.26. The summed E-state index contributed by atoms with van der Waals surface area (Å²) in [4.78, 5) is 2.43. The van der Waals surface area contributed by atoms with Gasteiger partial charge in [-0.1, -0.05) is 12.8 Å². The van der Waals surface area contributed by atoms with E-state index in [4.69, 9.17) is 9.47 Å². The van der Waals surface area contributed by atoms with Gasteiger partial charge in [0.2, 0.25) is 0 Å². The SMILES string of the molecule is C1CCC(OCCN2CCOCC2)C1. The van der Waals surface area contributed by atoms with E-state index in [1.807, 2.05) is 0 Å². The summed E-state index contributed by atoms with van der Waals surface area (Å²) in [5.41, 5.74) is 0. The number of rotatable bonds is 4. The third-order valence-corrected chi connectivity index (χ3v) is 3.17. The molecule has 2 rings (SSSR count). The van der Waals surface area contributed by atoms with E-state index < -0.39 is 0 Å². The first-order chi connectivity index (χ1) is 6.95. The zero-order valence-electron chi connectivity index (χ0n) is 8.91. The minimum Gasteiger partial charge on any atom is -0.379 e. The highest BCUT2D eigenvalue weighted by Crippen LogP contribution is 2.20. The number of morpholine rings is 1. The molecule has 0 aromatic rings. The molecule has 0 aromatic heterocycles. The minimum absolute atomic E-state index is 0.566. The molecule has 1 aliphatic carbocycles.